The van der Waals surface area contributed by atoms with Crippen LogP contribution in [0.1, 0.15) is 12.5 Å². The smallest absolute Gasteiger partial charge is 0.267 e. The van der Waals surface area contributed by atoms with Gasteiger partial charge in [0.15, 0.2) is 6.10 Å². The van der Waals surface area contributed by atoms with Crippen molar-refractivity contribution in [1.29, 1.82) is 0 Å². The number of hydrogen-bond acceptors (Lipinski definition) is 5. The number of fused-ring (bicyclic) bond motifs is 1. The van der Waals surface area contributed by atoms with Crippen molar-refractivity contribution in [1.82, 2.24) is 4.31 Å². The van der Waals surface area contributed by atoms with Gasteiger partial charge in [-0.15, -0.1) is 0 Å². The molecular formula is C21H24N2O5S. The van der Waals surface area contributed by atoms with E-state index in [-0.39, 0.29) is 10.8 Å². The summed E-state index contributed by atoms with van der Waals surface area (Å²) in [6.45, 7) is 3.77. The van der Waals surface area contributed by atoms with Gasteiger partial charge < -0.3 is 14.4 Å². The third kappa shape index (κ3) is 4.01. The second-order valence-corrected chi connectivity index (χ2v) is 9.06. The first-order valence-corrected chi connectivity index (χ1v) is 11.1. The van der Waals surface area contributed by atoms with E-state index in [0.717, 1.165) is 11.3 Å². The van der Waals surface area contributed by atoms with Crippen LogP contribution in [0.5, 0.6) is 5.75 Å². The molecule has 0 bridgehead atoms. The number of ether oxygens (including phenoxy) is 2. The van der Waals surface area contributed by atoms with Crippen molar-refractivity contribution in [3.8, 4) is 5.75 Å². The molecule has 2 aromatic rings. The van der Waals surface area contributed by atoms with Gasteiger partial charge in [-0.05, 0) is 49.2 Å². The molecule has 0 aromatic heterocycles. The number of morpholine rings is 1. The van der Waals surface area contributed by atoms with Crippen LogP contribution in [0.4, 0.5) is 5.69 Å². The molecule has 0 saturated carbocycles. The number of nitrogens with zero attached hydrogens (tertiary/aromatic N) is 2. The quantitative estimate of drug-likeness (QED) is 0.746. The molecule has 0 spiro atoms. The third-order valence-corrected chi connectivity index (χ3v) is 7.12. The number of sulfonamides is 1. The van der Waals surface area contributed by atoms with Gasteiger partial charge in [-0.1, -0.05) is 18.2 Å². The Morgan fingerprint density at radius 1 is 1.07 bits per heavy atom. The number of carbonyl (C=O) groups excluding carboxylic acids is 1. The predicted molar refractivity (Wildman–Crippen MR) is 109 cm³/mol. The van der Waals surface area contributed by atoms with Gasteiger partial charge in [0.1, 0.15) is 5.75 Å². The highest BCUT2D eigenvalue weighted by atomic mass is 32.2. The number of carbonyl (C=O) groups is 1. The van der Waals surface area contributed by atoms with Crippen LogP contribution in [-0.4, -0.2) is 57.6 Å². The minimum atomic E-state index is -3.55. The van der Waals surface area contributed by atoms with E-state index < -0.39 is 16.1 Å². The van der Waals surface area contributed by atoms with Crippen LogP contribution in [0.15, 0.2) is 53.4 Å². The number of para-hydroxylation sites is 1. The Morgan fingerprint density at radius 2 is 1.79 bits per heavy atom. The first kappa shape index (κ1) is 19.9. The van der Waals surface area contributed by atoms with Gasteiger partial charge >= 0.3 is 0 Å². The summed E-state index contributed by atoms with van der Waals surface area (Å²) < 4.78 is 38.2. The zero-order valence-corrected chi connectivity index (χ0v) is 17.1. The standard InChI is InChI=1S/C21H24N2O5S/c1-16(28-18-5-3-2-4-6-18)21(24)23-10-9-17-15-19(7-8-20(17)23)29(25,26)22-11-13-27-14-12-22/h2-8,15-16H,9-14H2,1H3/t16-/m1/s1. The largest absolute Gasteiger partial charge is 0.481 e. The Hall–Kier alpha value is -2.42. The highest BCUT2D eigenvalue weighted by molar-refractivity contribution is 7.89. The Morgan fingerprint density at radius 3 is 2.52 bits per heavy atom. The number of rotatable bonds is 5. The van der Waals surface area contributed by atoms with Crippen molar-refractivity contribution >= 4 is 21.6 Å². The molecule has 2 aliphatic heterocycles. The second-order valence-electron chi connectivity index (χ2n) is 7.12. The SMILES string of the molecule is C[C@@H](Oc1ccccc1)C(=O)N1CCc2cc(S(=O)(=O)N3CCOCC3)ccc21. The van der Waals surface area contributed by atoms with Crippen LogP contribution >= 0.6 is 0 Å². The maximum Gasteiger partial charge on any atom is 0.267 e. The summed E-state index contributed by atoms with van der Waals surface area (Å²) in [6.07, 6.45) is -0.0221. The van der Waals surface area contributed by atoms with Crippen molar-refractivity contribution in [3.63, 3.8) is 0 Å². The van der Waals surface area contributed by atoms with Gasteiger partial charge in [0.25, 0.3) is 5.91 Å². The van der Waals surface area contributed by atoms with E-state index in [1.54, 1.807) is 30.0 Å². The summed E-state index contributed by atoms with van der Waals surface area (Å²) in [5, 5.41) is 0. The molecule has 4 rings (SSSR count). The molecule has 154 valence electrons. The van der Waals surface area contributed by atoms with Crippen molar-refractivity contribution in [2.75, 3.05) is 37.7 Å². The normalized spacial score (nSPS) is 18.3. The maximum absolute atomic E-state index is 12.9. The van der Waals surface area contributed by atoms with Crippen LogP contribution in [0.3, 0.4) is 0 Å². The fraction of sp³-hybridized carbons (Fsp3) is 0.381. The second kappa shape index (κ2) is 8.14. The number of anilines is 1. The average molecular weight is 416 g/mol. The molecular weight excluding hydrogens is 392 g/mol. The van der Waals surface area contributed by atoms with Gasteiger partial charge in [-0.3, -0.25) is 4.79 Å². The van der Waals surface area contributed by atoms with Gasteiger partial charge in [-0.2, -0.15) is 4.31 Å². The van der Waals surface area contributed by atoms with Crippen molar-refractivity contribution in [3.05, 3.63) is 54.1 Å². The Labute approximate surface area is 170 Å². The Kier molecular flexibility index (Phi) is 5.58. The molecule has 1 saturated heterocycles. The molecule has 1 fully saturated rings. The molecule has 7 nitrogen and oxygen atoms in total. The zero-order valence-electron chi connectivity index (χ0n) is 16.3. The van der Waals surface area contributed by atoms with Crippen LogP contribution in [0, 0.1) is 0 Å². The van der Waals surface area contributed by atoms with Crippen LogP contribution in [0.2, 0.25) is 0 Å². The lowest BCUT2D eigenvalue weighted by Gasteiger charge is -2.26. The van der Waals surface area contributed by atoms with Gasteiger partial charge in [0, 0.05) is 25.3 Å². The van der Waals surface area contributed by atoms with E-state index >= 15 is 0 Å². The highest BCUT2D eigenvalue weighted by Gasteiger charge is 2.32. The van der Waals surface area contributed by atoms with E-state index in [0.29, 0.717) is 45.0 Å². The van der Waals surface area contributed by atoms with Crippen LogP contribution < -0.4 is 9.64 Å². The summed E-state index contributed by atoms with van der Waals surface area (Å²) in [6, 6.07) is 14.2. The lowest BCUT2D eigenvalue weighted by molar-refractivity contribution is -0.124. The monoisotopic (exact) mass is 416 g/mol. The summed E-state index contributed by atoms with van der Waals surface area (Å²) in [5.74, 6) is 0.496. The minimum Gasteiger partial charge on any atom is -0.481 e. The van der Waals surface area contributed by atoms with Crippen molar-refractivity contribution < 1.29 is 22.7 Å². The molecule has 29 heavy (non-hydrogen) atoms. The Bertz CT molecular complexity index is 987. The minimum absolute atomic E-state index is 0.142. The topological polar surface area (TPSA) is 76.2 Å². The lowest BCUT2D eigenvalue weighted by atomic mass is 10.2. The number of hydrogen-bond donors (Lipinski definition) is 0. The number of amides is 1. The fourth-order valence-corrected chi connectivity index (χ4v) is 5.14. The summed E-state index contributed by atoms with van der Waals surface area (Å²) >= 11 is 0. The van der Waals surface area contributed by atoms with Gasteiger partial charge in [-0.25, -0.2) is 8.42 Å². The highest BCUT2D eigenvalue weighted by Crippen LogP contribution is 2.32. The van der Waals surface area contributed by atoms with Gasteiger partial charge in [0.05, 0.1) is 18.1 Å². The summed E-state index contributed by atoms with van der Waals surface area (Å²) in [7, 11) is -3.55. The van der Waals surface area contributed by atoms with E-state index in [2.05, 4.69) is 0 Å². The van der Waals surface area contributed by atoms with Crippen LogP contribution in [-0.2, 0) is 26.0 Å². The summed E-state index contributed by atoms with van der Waals surface area (Å²) in [4.78, 5) is 14.8. The molecule has 1 amide bonds. The number of benzene rings is 2. The molecule has 0 radical (unpaired) electrons. The average Bonchev–Trinajstić information content (AvgIpc) is 3.18. The van der Waals surface area contributed by atoms with Crippen molar-refractivity contribution in [2.45, 2.75) is 24.3 Å². The first-order valence-electron chi connectivity index (χ1n) is 9.71. The first-order chi connectivity index (χ1) is 14.0. The molecule has 0 N–H and O–H groups in total. The lowest BCUT2D eigenvalue weighted by Crippen LogP contribution is -2.40. The van der Waals surface area contributed by atoms with Crippen molar-refractivity contribution in [2.24, 2.45) is 0 Å². The molecule has 8 heteroatoms. The summed E-state index contributed by atoms with van der Waals surface area (Å²) in [5.41, 5.74) is 1.61. The molecule has 2 aromatic carbocycles. The maximum atomic E-state index is 12.9. The van der Waals surface area contributed by atoms with Gasteiger partial charge in [0.2, 0.25) is 10.0 Å². The molecule has 2 aliphatic rings. The Balaban J connectivity index is 1.51. The molecule has 0 unspecified atom stereocenters. The van der Waals surface area contributed by atoms with E-state index in [9.17, 15) is 13.2 Å². The van der Waals surface area contributed by atoms with E-state index in [4.69, 9.17) is 9.47 Å². The zero-order chi connectivity index (χ0) is 20.4. The van der Waals surface area contributed by atoms with E-state index in [1.807, 2.05) is 30.3 Å². The fourth-order valence-electron chi connectivity index (χ4n) is 3.68. The third-order valence-electron chi connectivity index (χ3n) is 5.22. The predicted octanol–water partition coefficient (Wildman–Crippen LogP) is 2.06. The van der Waals surface area contributed by atoms with E-state index in [1.165, 1.54) is 4.31 Å². The van der Waals surface area contributed by atoms with Crippen LogP contribution in [0.25, 0.3) is 0 Å². The molecule has 2 heterocycles. The molecule has 0 aliphatic carbocycles. The molecule has 1 atom stereocenters.